The molecule has 1 amide bonds. The van der Waals surface area contributed by atoms with Gasteiger partial charge in [-0.1, -0.05) is 23.7 Å². The molecule has 5 rings (SSSR count). The Hall–Kier alpha value is -3.72. The number of imidazole rings is 1. The van der Waals surface area contributed by atoms with E-state index in [2.05, 4.69) is 20.8 Å². The Balaban J connectivity index is 1.50. The highest BCUT2D eigenvalue weighted by atomic mass is 16.5. The van der Waals surface area contributed by atoms with Crippen LogP contribution in [0.3, 0.4) is 0 Å². The summed E-state index contributed by atoms with van der Waals surface area (Å²) in [5, 5.41) is 9.92. The second-order valence-electron chi connectivity index (χ2n) is 7.27. The average Bonchev–Trinajstić information content (AvgIpc) is 3.43. The van der Waals surface area contributed by atoms with Gasteiger partial charge in [-0.25, -0.2) is 9.97 Å². The van der Waals surface area contributed by atoms with Gasteiger partial charge in [0.1, 0.15) is 29.1 Å². The largest absolute Gasteiger partial charge is 0.382 e. The van der Waals surface area contributed by atoms with Gasteiger partial charge < -0.3 is 20.9 Å². The van der Waals surface area contributed by atoms with Crippen LogP contribution >= 0.6 is 0 Å². The van der Waals surface area contributed by atoms with E-state index in [0.29, 0.717) is 17.2 Å². The van der Waals surface area contributed by atoms with Crippen molar-refractivity contribution in [3.8, 4) is 11.3 Å². The Morgan fingerprint density at radius 2 is 2.10 bits per heavy atom. The summed E-state index contributed by atoms with van der Waals surface area (Å²) >= 11 is 0. The van der Waals surface area contributed by atoms with Gasteiger partial charge in [-0.2, -0.15) is 0 Å². The van der Waals surface area contributed by atoms with Gasteiger partial charge in [0, 0.05) is 29.6 Å². The number of anilines is 2. The lowest BCUT2D eigenvalue weighted by Gasteiger charge is -2.22. The van der Waals surface area contributed by atoms with Gasteiger partial charge in [-0.15, -0.1) is 0 Å². The molecule has 1 aromatic carbocycles. The van der Waals surface area contributed by atoms with E-state index in [1.165, 1.54) is 12.7 Å². The lowest BCUT2D eigenvalue weighted by Crippen LogP contribution is -2.28. The zero-order chi connectivity index (χ0) is 20.5. The smallest absolute Gasteiger partial charge is 0.256 e. The third kappa shape index (κ3) is 3.29. The van der Waals surface area contributed by atoms with E-state index in [-0.39, 0.29) is 11.9 Å². The molecule has 1 saturated heterocycles. The first-order valence-corrected chi connectivity index (χ1v) is 9.88. The number of nitrogen functional groups attached to an aromatic ring is 1. The Bertz CT molecular complexity index is 1180. The van der Waals surface area contributed by atoms with Crippen LogP contribution in [0.15, 0.2) is 53.5 Å². The van der Waals surface area contributed by atoms with Crippen molar-refractivity contribution >= 4 is 23.1 Å². The van der Waals surface area contributed by atoms with E-state index < -0.39 is 0 Å². The molecule has 0 spiro atoms. The average molecular weight is 403 g/mol. The monoisotopic (exact) mass is 403 g/mol. The Labute approximate surface area is 172 Å². The predicted molar refractivity (Wildman–Crippen MR) is 112 cm³/mol. The Morgan fingerprint density at radius 1 is 1.23 bits per heavy atom. The van der Waals surface area contributed by atoms with Crippen molar-refractivity contribution < 1.29 is 9.32 Å². The first kappa shape index (κ1) is 18.3. The molecule has 1 atom stereocenters. The summed E-state index contributed by atoms with van der Waals surface area (Å²) < 4.78 is 6.75. The van der Waals surface area contributed by atoms with Crippen LogP contribution in [0.25, 0.3) is 16.8 Å². The maximum atomic E-state index is 12.4. The molecule has 30 heavy (non-hydrogen) atoms. The highest BCUT2D eigenvalue weighted by molar-refractivity contribution is 6.04. The number of amides is 1. The van der Waals surface area contributed by atoms with Crippen LogP contribution in [0.5, 0.6) is 0 Å². The molecule has 152 valence electrons. The molecule has 4 aromatic rings. The number of benzene rings is 1. The van der Waals surface area contributed by atoms with Crippen LogP contribution < -0.4 is 16.4 Å². The van der Waals surface area contributed by atoms with Crippen molar-refractivity contribution in [3.05, 3.63) is 60.4 Å². The summed E-state index contributed by atoms with van der Waals surface area (Å²) in [4.78, 5) is 21.6. The van der Waals surface area contributed by atoms with Gasteiger partial charge in [0.15, 0.2) is 5.82 Å². The highest BCUT2D eigenvalue weighted by Gasteiger charge is 2.23. The summed E-state index contributed by atoms with van der Waals surface area (Å²) in [5.74, 6) is 1.46. The number of hydrogen-bond donors (Lipinski definition) is 3. The first-order valence-electron chi connectivity index (χ1n) is 9.88. The van der Waals surface area contributed by atoms with Gasteiger partial charge in [-0.05, 0) is 31.5 Å². The van der Waals surface area contributed by atoms with E-state index in [0.717, 1.165) is 42.0 Å². The standard InChI is InChI=1S/C21H21N7O2/c22-19-18-17(26-20(28(18)11-10-24-19)15-3-1-2-9-23-15)13-4-6-14(7-5-13)21(29)25-16-8-12-30-27-16/h4-8,10-12,15,23H,1-3,9H2,(H2,22,24)(H,25,27,29)/t15-/m0/s1. The predicted octanol–water partition coefficient (Wildman–Crippen LogP) is 3.03. The fraction of sp³-hybridized carbons (Fsp3) is 0.238. The number of nitrogens with zero attached hydrogens (tertiary/aromatic N) is 4. The van der Waals surface area contributed by atoms with E-state index in [1.54, 1.807) is 24.4 Å². The van der Waals surface area contributed by atoms with Crippen LogP contribution in [-0.4, -0.2) is 32.0 Å². The summed E-state index contributed by atoms with van der Waals surface area (Å²) in [6.07, 6.45) is 8.36. The van der Waals surface area contributed by atoms with Crippen molar-refractivity contribution in [1.82, 2.24) is 24.8 Å². The summed E-state index contributed by atoms with van der Waals surface area (Å²) in [6, 6.07) is 8.99. The van der Waals surface area contributed by atoms with Gasteiger partial charge in [0.25, 0.3) is 5.91 Å². The number of nitrogens with one attached hydrogen (secondary N) is 2. The lowest BCUT2D eigenvalue weighted by molar-refractivity contribution is 0.102. The zero-order valence-corrected chi connectivity index (χ0v) is 16.2. The molecular formula is C21H21N7O2. The molecule has 9 nitrogen and oxygen atoms in total. The quantitative estimate of drug-likeness (QED) is 0.478. The molecule has 4 N–H and O–H groups in total. The first-order chi connectivity index (χ1) is 14.7. The van der Waals surface area contributed by atoms with E-state index in [9.17, 15) is 4.79 Å². The molecule has 0 unspecified atom stereocenters. The van der Waals surface area contributed by atoms with E-state index >= 15 is 0 Å². The Kier molecular flexibility index (Phi) is 4.64. The number of piperidine rings is 1. The van der Waals surface area contributed by atoms with Crippen molar-refractivity contribution in [2.75, 3.05) is 17.6 Å². The Morgan fingerprint density at radius 3 is 2.83 bits per heavy atom. The van der Waals surface area contributed by atoms with Crippen LogP contribution in [0.1, 0.15) is 41.5 Å². The van der Waals surface area contributed by atoms with Crippen molar-refractivity contribution in [2.45, 2.75) is 25.3 Å². The summed E-state index contributed by atoms with van der Waals surface area (Å²) in [7, 11) is 0. The molecule has 0 radical (unpaired) electrons. The number of rotatable bonds is 4. The minimum atomic E-state index is -0.265. The fourth-order valence-corrected chi connectivity index (χ4v) is 3.85. The second-order valence-corrected chi connectivity index (χ2v) is 7.27. The topological polar surface area (TPSA) is 123 Å². The molecule has 4 heterocycles. The van der Waals surface area contributed by atoms with Crippen molar-refractivity contribution in [1.29, 1.82) is 0 Å². The number of fused-ring (bicyclic) bond motifs is 1. The molecule has 1 aliphatic rings. The minimum Gasteiger partial charge on any atom is -0.382 e. The molecular weight excluding hydrogens is 382 g/mol. The number of hydrogen-bond acceptors (Lipinski definition) is 7. The number of aromatic nitrogens is 4. The van der Waals surface area contributed by atoms with Crippen LogP contribution in [-0.2, 0) is 0 Å². The molecule has 3 aromatic heterocycles. The van der Waals surface area contributed by atoms with Crippen molar-refractivity contribution in [3.63, 3.8) is 0 Å². The maximum absolute atomic E-state index is 12.4. The minimum absolute atomic E-state index is 0.175. The molecule has 9 heteroatoms. The molecule has 0 bridgehead atoms. The summed E-state index contributed by atoms with van der Waals surface area (Å²) in [6.45, 7) is 0.977. The highest BCUT2D eigenvalue weighted by Crippen LogP contribution is 2.32. The van der Waals surface area contributed by atoms with Crippen LogP contribution in [0.2, 0.25) is 0 Å². The second kappa shape index (κ2) is 7.60. The fourth-order valence-electron chi connectivity index (χ4n) is 3.85. The van der Waals surface area contributed by atoms with Gasteiger partial charge >= 0.3 is 0 Å². The lowest BCUT2D eigenvalue weighted by atomic mass is 10.0. The molecule has 0 aliphatic carbocycles. The van der Waals surface area contributed by atoms with Crippen molar-refractivity contribution in [2.24, 2.45) is 0 Å². The molecule has 0 saturated carbocycles. The number of nitrogens with two attached hydrogens (primary N) is 1. The van der Waals surface area contributed by atoms with Crippen LogP contribution in [0.4, 0.5) is 11.6 Å². The molecule has 1 aliphatic heterocycles. The third-order valence-corrected chi connectivity index (χ3v) is 5.33. The molecule has 1 fully saturated rings. The third-order valence-electron chi connectivity index (χ3n) is 5.33. The van der Waals surface area contributed by atoms with E-state index in [1.807, 2.05) is 22.7 Å². The number of carbonyl (C=O) groups excluding carboxylic acids is 1. The summed E-state index contributed by atoms with van der Waals surface area (Å²) in [5.41, 5.74) is 9.13. The number of carbonyl (C=O) groups is 1. The van der Waals surface area contributed by atoms with Gasteiger partial charge in [-0.3, -0.25) is 9.20 Å². The maximum Gasteiger partial charge on any atom is 0.256 e. The normalized spacial score (nSPS) is 16.6. The SMILES string of the molecule is Nc1nccn2c([C@@H]3CCCCN3)nc(-c3ccc(C(=O)Nc4ccon4)cc3)c12. The van der Waals surface area contributed by atoms with E-state index in [4.69, 9.17) is 15.2 Å². The zero-order valence-electron chi connectivity index (χ0n) is 16.2. The van der Waals surface area contributed by atoms with Gasteiger partial charge in [0.05, 0.1) is 6.04 Å². The van der Waals surface area contributed by atoms with Gasteiger partial charge in [0.2, 0.25) is 0 Å². The van der Waals surface area contributed by atoms with Crippen LogP contribution in [0, 0.1) is 0 Å².